The Balaban J connectivity index is 1.36. The fourth-order valence-electron chi connectivity index (χ4n) is 14.7. The third-order valence-electron chi connectivity index (χ3n) is 22.4. The number of nitrogens with one attached hydrogen (secondary N) is 14. The zero-order valence-electron chi connectivity index (χ0n) is 79.2. The van der Waals surface area contributed by atoms with Crippen molar-refractivity contribution in [2.45, 2.75) is 189 Å². The van der Waals surface area contributed by atoms with Gasteiger partial charge in [-0.25, -0.2) is 0 Å². The van der Waals surface area contributed by atoms with Gasteiger partial charge in [-0.15, -0.1) is 0 Å². The monoisotopic (exact) mass is 2040 g/mol. The van der Waals surface area contributed by atoms with E-state index in [1.807, 2.05) is 0 Å². The number of nitrogens with zero attached hydrogens (tertiary/aromatic N) is 4. The molecule has 2 heterocycles. The average molecular weight is 2040 g/mol. The number of carboxylic acids is 4. The normalized spacial score (nSPS) is 15.2. The van der Waals surface area contributed by atoms with Crippen LogP contribution < -0.4 is 109 Å². The van der Waals surface area contributed by atoms with E-state index in [1.165, 1.54) is 55.6 Å². The second-order valence-corrected chi connectivity index (χ2v) is 34.9. The summed E-state index contributed by atoms with van der Waals surface area (Å²) in [5.74, 6) is -27.7. The summed E-state index contributed by atoms with van der Waals surface area (Å²) in [5, 5.41) is 80.7. The number of primary amides is 7. The molecule has 12 atom stereocenters. The Bertz CT molecular complexity index is 5180. The highest BCUT2D eigenvalue weighted by Gasteiger charge is 2.39. The molecule has 1 aliphatic heterocycles. The van der Waals surface area contributed by atoms with Crippen molar-refractivity contribution >= 4 is 165 Å². The molecule has 788 valence electrons. The van der Waals surface area contributed by atoms with Crippen LogP contribution in [0.4, 0.5) is 0 Å². The Hall–Kier alpha value is -15.5. The zero-order chi connectivity index (χ0) is 107. The number of H-pyrrole nitrogens is 1. The Morgan fingerprint density at radius 2 is 0.646 bits per heavy atom. The van der Waals surface area contributed by atoms with Crippen molar-refractivity contribution in [1.29, 1.82) is 0 Å². The molecule has 0 saturated carbocycles. The number of hydrogen-bond donors (Lipinski definition) is 26. The number of aromatic hydroxyl groups is 1. The number of aliphatic carboxylic acids is 4. The molecule has 3 aromatic carbocycles. The van der Waals surface area contributed by atoms with Gasteiger partial charge in [-0.1, -0.05) is 60.7 Å². The van der Waals surface area contributed by atoms with Crippen molar-refractivity contribution in [3.05, 3.63) is 102 Å². The van der Waals surface area contributed by atoms with Crippen molar-refractivity contribution in [1.82, 2.24) is 93.7 Å². The number of carbonyl (C=O) groups excluding carboxylic acids is 20. The van der Waals surface area contributed by atoms with Crippen LogP contribution in [0.1, 0.15) is 114 Å². The smallest absolute Gasteiger partial charge is 0.317 e. The quantitative estimate of drug-likeness (QED) is 0.0195. The van der Waals surface area contributed by atoms with E-state index in [1.54, 1.807) is 67.0 Å². The van der Waals surface area contributed by atoms with E-state index in [2.05, 4.69) is 74.1 Å². The number of rotatable bonds is 63. The van der Waals surface area contributed by atoms with Gasteiger partial charge in [-0.2, -0.15) is 11.8 Å². The number of amides is 20. The number of carboxylic acid groups (broad SMARTS) is 4. The molecule has 33 N–H and O–H groups in total. The highest BCUT2D eigenvalue weighted by Crippen LogP contribution is 2.21. The second kappa shape index (κ2) is 61.2. The number of para-hydroxylation sites is 1. The number of phenols is 1. The van der Waals surface area contributed by atoms with Gasteiger partial charge in [-0.3, -0.25) is 135 Å². The summed E-state index contributed by atoms with van der Waals surface area (Å²) >= 11 is 1.25. The highest BCUT2D eigenvalue weighted by molar-refractivity contribution is 7.98. The molecule has 1 fully saturated rings. The molecule has 144 heavy (non-hydrogen) atoms. The summed E-state index contributed by atoms with van der Waals surface area (Å²) in [7, 11) is 0. The van der Waals surface area contributed by atoms with E-state index in [4.69, 9.17) is 40.1 Å². The van der Waals surface area contributed by atoms with Gasteiger partial charge >= 0.3 is 23.9 Å². The summed E-state index contributed by atoms with van der Waals surface area (Å²) < 4.78 is 0. The maximum atomic E-state index is 14.7. The van der Waals surface area contributed by atoms with Gasteiger partial charge in [0.2, 0.25) is 118 Å². The molecule has 5 rings (SSSR count). The molecule has 54 nitrogen and oxygen atoms in total. The van der Waals surface area contributed by atoms with E-state index < -0.39 is 337 Å². The number of hydrogen-bond acceptors (Lipinski definition) is 30. The lowest BCUT2D eigenvalue weighted by Crippen LogP contribution is -2.60. The van der Waals surface area contributed by atoms with Gasteiger partial charge in [0.25, 0.3) is 0 Å². The summed E-state index contributed by atoms with van der Waals surface area (Å²) in [6, 6.07) is -0.783. The van der Waals surface area contributed by atoms with Crippen LogP contribution >= 0.6 is 11.8 Å². The first-order chi connectivity index (χ1) is 68.0. The number of fused-ring (bicyclic) bond motifs is 1. The van der Waals surface area contributed by atoms with E-state index >= 15 is 0 Å². The molecule has 0 bridgehead atoms. The number of phenolic OH excluding ortho intramolecular Hbond substituents is 1. The zero-order valence-corrected chi connectivity index (χ0v) is 80.0. The fraction of sp³-hybridized carbons (Fsp3) is 0.506. The summed E-state index contributed by atoms with van der Waals surface area (Å²) in [6.45, 7) is -1.97. The van der Waals surface area contributed by atoms with Crippen molar-refractivity contribution in [2.75, 3.05) is 97.1 Å². The SMILES string of the molecule is CSCC[C@H](NC(=O)[C@H](Cc1c[nH]c2ccccc12)NC(=O)CNC(=O)[C@H](Cc1ccc(O)cc1)NC(=O)[C@H](C)NC(=O)[C@H](CCC(N)=O)NC(=O)[C@H](CCC(N)=O)NC(=O)[C@H](CCC(N)=O)NC(=O)[C@H](CCC(N)=O)NC(=O)[C@H](CCC(N)=O)NC(=O)[C@H](CCC(N)=O)NC(=O)CN1CCN(CC(=O)O)CCN(CC(=O)O)CCN(CC(=O)O)CC1)C(=O)N[C@@H](CC(=O)O)C(=O)N[C@@H](Cc1ccccc1)C(N)=O. The Labute approximate surface area is 828 Å². The Kier molecular flexibility index (Phi) is 50.6. The van der Waals surface area contributed by atoms with E-state index in [0.29, 0.717) is 22.0 Å². The van der Waals surface area contributed by atoms with Crippen LogP contribution in [-0.2, 0) is 134 Å². The van der Waals surface area contributed by atoms with E-state index in [-0.39, 0.29) is 88.7 Å². The topological polar surface area (TPSA) is 878 Å². The first kappa shape index (κ1) is 119. The Morgan fingerprint density at radius 1 is 0.333 bits per heavy atom. The predicted octanol–water partition coefficient (Wildman–Crippen LogP) is -10.4. The van der Waals surface area contributed by atoms with Gasteiger partial charge in [-0.05, 0) is 98.8 Å². The molecule has 1 aromatic heterocycles. The highest BCUT2D eigenvalue weighted by atomic mass is 32.2. The molecular weight excluding hydrogens is 1920 g/mol. The minimum atomic E-state index is -2.00. The average Bonchev–Trinajstić information content (AvgIpc) is 1.66. The van der Waals surface area contributed by atoms with Crippen LogP contribution in [0.2, 0.25) is 0 Å². The minimum absolute atomic E-state index is 0.0192. The lowest BCUT2D eigenvalue weighted by atomic mass is 10.0. The van der Waals surface area contributed by atoms with Gasteiger partial charge < -0.3 is 140 Å². The molecular formula is C89H127N25O29S. The summed E-state index contributed by atoms with van der Waals surface area (Å²) in [5.41, 5.74) is 40.4. The standard InChI is InChI=1S/C89H127N25O29S/c1-48(79(133)109-63(39-50-12-14-52(115)15-13-50)80(134)98-43-72(122)101-64(40-51-42-97-54-11-7-6-10-53(51)54)88(142)107-61(28-37-144-2)87(141)110-65(41-74(124)125)89(143)108-62(78(96)132)38-49-8-4-3-5-9-49)99-81(135)56(17-23-67(91)117)102-83(137)58(19-25-69(93)119)104-85(139)60(21-27-71(95)121)106-86(140)59(20-26-70(94)120)105-84(138)57(18-24-68(92)118)103-82(136)55(16-22-66(90)116)100-73(123)44-111-29-31-112(45-75(126)127)33-35-114(47-77(130)131)36-34-113(32-30-111)46-76(128)129/h3-15,42,48,55-65,97,115H,16-41,43-47H2,1-2H3,(H2,90,116)(H2,91,117)(H2,92,118)(H2,93,119)(H2,94,120)(H2,95,121)(H2,96,132)(H,98,134)(H,99,135)(H,100,123)(H,101,122)(H,102,137)(H,103,136)(H,104,139)(H,105,138)(H,106,140)(H,107,142)(H,108,143)(H,109,133)(H,110,141)(H,124,125)(H,126,127)(H,128,129)(H,130,131)/t48-,55-,56-,57-,58-,59-,60-,61-,62-,63-,64-,65-/m0/s1. The predicted molar refractivity (Wildman–Crippen MR) is 509 cm³/mol. The van der Waals surface area contributed by atoms with Crippen LogP contribution in [0.25, 0.3) is 10.9 Å². The number of thioether (sulfide) groups is 1. The minimum Gasteiger partial charge on any atom is -0.508 e. The molecule has 4 aromatic rings. The first-order valence-electron chi connectivity index (χ1n) is 45.6. The molecule has 0 radical (unpaired) electrons. The molecule has 0 aliphatic carbocycles. The Morgan fingerprint density at radius 3 is 1.03 bits per heavy atom. The van der Waals surface area contributed by atoms with Crippen molar-refractivity contribution < 1.29 is 141 Å². The van der Waals surface area contributed by atoms with Gasteiger partial charge in [0, 0.05) is 127 Å². The van der Waals surface area contributed by atoms with Crippen LogP contribution in [0.5, 0.6) is 5.75 Å². The van der Waals surface area contributed by atoms with Crippen LogP contribution in [-0.4, -0.2) is 362 Å². The molecule has 1 aliphatic rings. The van der Waals surface area contributed by atoms with Crippen molar-refractivity contribution in [2.24, 2.45) is 40.1 Å². The number of carbonyl (C=O) groups is 24. The van der Waals surface area contributed by atoms with Gasteiger partial charge in [0.05, 0.1) is 39.1 Å². The van der Waals surface area contributed by atoms with Crippen LogP contribution in [0.3, 0.4) is 0 Å². The number of aromatic nitrogens is 1. The van der Waals surface area contributed by atoms with Crippen molar-refractivity contribution in [3.8, 4) is 5.75 Å². The van der Waals surface area contributed by atoms with Crippen LogP contribution in [0, 0.1) is 0 Å². The van der Waals surface area contributed by atoms with E-state index in [0.717, 1.165) is 6.92 Å². The molecule has 1 saturated heterocycles. The van der Waals surface area contributed by atoms with Gasteiger partial charge in [0.15, 0.2) is 0 Å². The molecule has 55 heteroatoms. The second-order valence-electron chi connectivity index (χ2n) is 34.0. The fourth-order valence-corrected chi connectivity index (χ4v) is 15.2. The molecule has 20 amide bonds. The number of benzene rings is 3. The first-order valence-corrected chi connectivity index (χ1v) is 47.0. The van der Waals surface area contributed by atoms with Crippen molar-refractivity contribution in [3.63, 3.8) is 0 Å². The summed E-state index contributed by atoms with van der Waals surface area (Å²) in [4.78, 5) is 330. The number of aromatic amines is 1. The lowest BCUT2D eigenvalue weighted by molar-refractivity contribution is -0.141. The number of nitrogens with two attached hydrogens (primary N) is 7. The van der Waals surface area contributed by atoms with Crippen LogP contribution in [0.15, 0.2) is 85.1 Å². The lowest BCUT2D eigenvalue weighted by Gasteiger charge is -2.33. The third kappa shape index (κ3) is 45.4. The maximum Gasteiger partial charge on any atom is 0.317 e. The summed E-state index contributed by atoms with van der Waals surface area (Å²) in [6.07, 6.45) is -6.83. The van der Waals surface area contributed by atoms with Gasteiger partial charge in [0.1, 0.15) is 78.3 Å². The largest absolute Gasteiger partial charge is 0.508 e. The van der Waals surface area contributed by atoms with E-state index in [9.17, 15) is 141 Å². The molecule has 0 spiro atoms. The maximum absolute atomic E-state index is 14.7. The third-order valence-corrected chi connectivity index (χ3v) is 23.0. The molecule has 0 unspecified atom stereocenters.